The summed E-state index contributed by atoms with van der Waals surface area (Å²) in [6, 6.07) is 0. The topological polar surface area (TPSA) is 52.6 Å². The van der Waals surface area contributed by atoms with Crippen LogP contribution < -0.4 is 0 Å². The SMILES string of the molecule is CC(Cl)OC1C2CC3C1OS(=O)(=O)C3C2. The first kappa shape index (κ1) is 10.3. The highest BCUT2D eigenvalue weighted by atomic mass is 35.5. The summed E-state index contributed by atoms with van der Waals surface area (Å²) in [6.45, 7) is 1.74. The highest BCUT2D eigenvalue weighted by molar-refractivity contribution is 7.87. The third-order valence-electron chi connectivity index (χ3n) is 3.76. The fourth-order valence-electron chi connectivity index (χ4n) is 3.29. The Bertz CT molecular complexity index is 380. The van der Waals surface area contributed by atoms with Gasteiger partial charge >= 0.3 is 0 Å². The molecule has 0 aromatic rings. The van der Waals surface area contributed by atoms with Crippen LogP contribution in [0.3, 0.4) is 0 Å². The van der Waals surface area contributed by atoms with Crippen LogP contribution in [-0.2, 0) is 19.0 Å². The lowest BCUT2D eigenvalue weighted by atomic mass is 9.94. The normalized spacial score (nSPS) is 52.3. The van der Waals surface area contributed by atoms with Crippen molar-refractivity contribution in [2.75, 3.05) is 0 Å². The van der Waals surface area contributed by atoms with Crippen molar-refractivity contribution in [1.29, 1.82) is 0 Å². The van der Waals surface area contributed by atoms with Crippen LogP contribution in [0.5, 0.6) is 0 Å². The van der Waals surface area contributed by atoms with Crippen molar-refractivity contribution in [3.05, 3.63) is 0 Å². The van der Waals surface area contributed by atoms with Crippen molar-refractivity contribution in [3.63, 3.8) is 0 Å². The van der Waals surface area contributed by atoms with Gasteiger partial charge in [-0.3, -0.25) is 4.18 Å². The molecule has 2 saturated carbocycles. The van der Waals surface area contributed by atoms with Crippen molar-refractivity contribution in [2.24, 2.45) is 11.8 Å². The van der Waals surface area contributed by atoms with Crippen LogP contribution in [0.2, 0.25) is 0 Å². The Kier molecular flexibility index (Phi) is 2.13. The number of halogens is 1. The maximum Gasteiger partial charge on any atom is 0.270 e. The Morgan fingerprint density at radius 1 is 1.47 bits per heavy atom. The number of ether oxygens (including phenoxy) is 1. The molecule has 6 unspecified atom stereocenters. The Labute approximate surface area is 94.0 Å². The summed E-state index contributed by atoms with van der Waals surface area (Å²) >= 11 is 5.77. The zero-order chi connectivity index (χ0) is 10.8. The van der Waals surface area contributed by atoms with Gasteiger partial charge in [0.05, 0.1) is 11.4 Å². The van der Waals surface area contributed by atoms with Crippen LogP contribution in [0.4, 0.5) is 0 Å². The predicted molar refractivity (Wildman–Crippen MR) is 54.0 cm³/mol. The lowest BCUT2D eigenvalue weighted by molar-refractivity contribution is -0.0464. The maximum atomic E-state index is 11.6. The highest BCUT2D eigenvalue weighted by Crippen LogP contribution is 2.55. The average molecular weight is 253 g/mol. The molecule has 1 heterocycles. The molecular formula is C9H13ClO4S. The third kappa shape index (κ3) is 1.37. The van der Waals surface area contributed by atoms with E-state index >= 15 is 0 Å². The average Bonchev–Trinajstić information content (AvgIpc) is 2.67. The Balaban J connectivity index is 1.88. The van der Waals surface area contributed by atoms with Gasteiger partial charge in [-0.2, -0.15) is 8.42 Å². The summed E-state index contributed by atoms with van der Waals surface area (Å²) in [6.07, 6.45) is 1.18. The first-order valence-electron chi connectivity index (χ1n) is 5.20. The molecule has 0 radical (unpaired) electrons. The third-order valence-corrected chi connectivity index (χ3v) is 5.64. The van der Waals surface area contributed by atoms with Gasteiger partial charge in [0.2, 0.25) is 0 Å². The second-order valence-electron chi connectivity index (χ2n) is 4.63. The van der Waals surface area contributed by atoms with Gasteiger partial charge < -0.3 is 4.74 Å². The molecule has 0 aromatic carbocycles. The monoisotopic (exact) mass is 252 g/mol. The number of rotatable bonds is 2. The largest absolute Gasteiger partial charge is 0.357 e. The molecule has 1 aliphatic heterocycles. The minimum atomic E-state index is -3.32. The Morgan fingerprint density at radius 2 is 2.20 bits per heavy atom. The summed E-state index contributed by atoms with van der Waals surface area (Å²) in [5.74, 6) is 0.448. The van der Waals surface area contributed by atoms with E-state index in [4.69, 9.17) is 20.5 Å². The fraction of sp³-hybridized carbons (Fsp3) is 1.00. The molecule has 0 amide bonds. The lowest BCUT2D eigenvalue weighted by Gasteiger charge is -2.26. The molecule has 6 heteroatoms. The summed E-state index contributed by atoms with van der Waals surface area (Å²) in [5, 5.41) is -0.280. The molecule has 1 saturated heterocycles. The van der Waals surface area contributed by atoms with Crippen LogP contribution >= 0.6 is 11.6 Å². The minimum absolute atomic E-state index is 0.129. The Morgan fingerprint density at radius 3 is 2.87 bits per heavy atom. The minimum Gasteiger partial charge on any atom is -0.357 e. The zero-order valence-electron chi connectivity index (χ0n) is 8.30. The van der Waals surface area contributed by atoms with Gasteiger partial charge in [-0.15, -0.1) is 0 Å². The van der Waals surface area contributed by atoms with Crippen molar-refractivity contribution >= 4 is 21.7 Å². The van der Waals surface area contributed by atoms with E-state index in [0.717, 1.165) is 6.42 Å². The molecule has 3 rings (SSSR count). The van der Waals surface area contributed by atoms with E-state index in [1.54, 1.807) is 6.92 Å². The number of hydrogen-bond acceptors (Lipinski definition) is 4. The fourth-order valence-corrected chi connectivity index (χ4v) is 5.29. The van der Waals surface area contributed by atoms with Gasteiger partial charge in [-0.25, -0.2) is 0 Å². The molecule has 86 valence electrons. The molecule has 2 bridgehead atoms. The first-order valence-corrected chi connectivity index (χ1v) is 7.11. The zero-order valence-corrected chi connectivity index (χ0v) is 9.87. The second-order valence-corrected chi connectivity index (χ2v) is 7.03. The number of alkyl halides is 1. The quantitative estimate of drug-likeness (QED) is 0.545. The van der Waals surface area contributed by atoms with E-state index in [2.05, 4.69) is 0 Å². The molecule has 0 spiro atoms. The highest BCUT2D eigenvalue weighted by Gasteiger charge is 2.64. The maximum absolute atomic E-state index is 11.6. The van der Waals surface area contributed by atoms with Crippen LogP contribution in [0, 0.1) is 11.8 Å². The Hall–Kier alpha value is 0.160. The molecular weight excluding hydrogens is 240 g/mol. The van der Waals surface area contributed by atoms with Crippen LogP contribution in [0.15, 0.2) is 0 Å². The van der Waals surface area contributed by atoms with Gasteiger partial charge in [-0.1, -0.05) is 11.6 Å². The standard InChI is InChI=1S/C9H13ClO4S/c1-4(10)13-8-5-2-6-7(3-5)15(11,12)14-9(6)8/h4-9H,2-3H2,1H3. The predicted octanol–water partition coefficient (Wildman–Crippen LogP) is 1.09. The van der Waals surface area contributed by atoms with Crippen molar-refractivity contribution in [2.45, 2.75) is 42.8 Å². The van der Waals surface area contributed by atoms with Gasteiger partial charge in [0.15, 0.2) is 0 Å². The van der Waals surface area contributed by atoms with E-state index in [1.807, 2.05) is 0 Å². The summed E-state index contributed by atoms with van der Waals surface area (Å²) in [7, 11) is -3.32. The first-order chi connectivity index (χ1) is 6.99. The number of fused-ring (bicyclic) bond motifs is 1. The molecule has 0 aromatic heterocycles. The van der Waals surface area contributed by atoms with Crippen LogP contribution in [0.25, 0.3) is 0 Å². The summed E-state index contributed by atoms with van der Waals surface area (Å²) in [5.41, 5.74) is -0.389. The van der Waals surface area contributed by atoms with Crippen LogP contribution in [-0.4, -0.2) is 31.4 Å². The van der Waals surface area contributed by atoms with E-state index < -0.39 is 10.1 Å². The van der Waals surface area contributed by atoms with E-state index in [0.29, 0.717) is 12.3 Å². The van der Waals surface area contributed by atoms with Gasteiger partial charge in [0.1, 0.15) is 11.7 Å². The van der Waals surface area contributed by atoms with Gasteiger partial charge in [0, 0.05) is 5.92 Å². The second kappa shape index (κ2) is 3.09. The van der Waals surface area contributed by atoms with Crippen molar-refractivity contribution in [3.8, 4) is 0 Å². The molecule has 3 fully saturated rings. The molecule has 0 N–H and O–H groups in total. The van der Waals surface area contributed by atoms with E-state index in [-0.39, 0.29) is 28.9 Å². The van der Waals surface area contributed by atoms with Gasteiger partial charge in [0.25, 0.3) is 10.1 Å². The summed E-state index contributed by atoms with van der Waals surface area (Å²) in [4.78, 5) is 0. The summed E-state index contributed by atoms with van der Waals surface area (Å²) < 4.78 is 33.9. The smallest absolute Gasteiger partial charge is 0.270 e. The molecule has 3 aliphatic rings. The molecule has 6 atom stereocenters. The van der Waals surface area contributed by atoms with Gasteiger partial charge in [-0.05, 0) is 25.7 Å². The van der Waals surface area contributed by atoms with Crippen molar-refractivity contribution in [1.82, 2.24) is 0 Å². The molecule has 2 aliphatic carbocycles. The van der Waals surface area contributed by atoms with E-state index in [9.17, 15) is 8.42 Å². The lowest BCUT2D eigenvalue weighted by Crippen LogP contribution is -2.36. The van der Waals surface area contributed by atoms with Crippen LogP contribution in [0.1, 0.15) is 19.8 Å². The molecule has 15 heavy (non-hydrogen) atoms. The van der Waals surface area contributed by atoms with E-state index in [1.165, 1.54) is 0 Å². The molecule has 4 nitrogen and oxygen atoms in total. The van der Waals surface area contributed by atoms with Crippen molar-refractivity contribution < 1.29 is 17.3 Å². The number of hydrogen-bond donors (Lipinski definition) is 0.